The minimum absolute atomic E-state index is 0.126. The van der Waals surface area contributed by atoms with Gasteiger partial charge in [-0.05, 0) is 24.6 Å². The highest BCUT2D eigenvalue weighted by molar-refractivity contribution is 6.33. The summed E-state index contributed by atoms with van der Waals surface area (Å²) in [4.78, 5) is 14.4. The summed E-state index contributed by atoms with van der Waals surface area (Å²) in [7, 11) is 0. The Morgan fingerprint density at radius 3 is 2.65 bits per heavy atom. The van der Waals surface area contributed by atoms with Crippen LogP contribution in [-0.4, -0.2) is 9.91 Å². The first kappa shape index (κ1) is 14.0. The quantitative estimate of drug-likeness (QED) is 0.454. The number of pyridine rings is 1. The van der Waals surface area contributed by atoms with Crippen molar-refractivity contribution >= 4 is 34.6 Å². The Morgan fingerprint density at radius 1 is 1.30 bits per heavy atom. The van der Waals surface area contributed by atoms with Crippen molar-refractivity contribution in [1.82, 2.24) is 4.98 Å². The molecule has 2 rings (SSSR count). The van der Waals surface area contributed by atoms with Gasteiger partial charge in [0.25, 0.3) is 5.69 Å². The predicted molar refractivity (Wildman–Crippen MR) is 78.2 cm³/mol. The number of hydrazine groups is 1. The third kappa shape index (κ3) is 3.14. The van der Waals surface area contributed by atoms with Gasteiger partial charge in [0, 0.05) is 0 Å². The van der Waals surface area contributed by atoms with Crippen LogP contribution in [0.2, 0.25) is 5.02 Å². The molecule has 0 aliphatic carbocycles. The third-order valence-corrected chi connectivity index (χ3v) is 2.88. The van der Waals surface area contributed by atoms with Gasteiger partial charge in [0.1, 0.15) is 11.6 Å². The predicted octanol–water partition coefficient (Wildman–Crippen LogP) is 2.98. The Hall–Kier alpha value is -2.38. The van der Waals surface area contributed by atoms with Crippen LogP contribution in [0.4, 0.5) is 23.0 Å². The van der Waals surface area contributed by atoms with Crippen LogP contribution in [0, 0.1) is 17.0 Å². The van der Waals surface area contributed by atoms with E-state index in [9.17, 15) is 10.1 Å². The molecule has 0 saturated carbocycles. The van der Waals surface area contributed by atoms with E-state index in [4.69, 9.17) is 17.4 Å². The van der Waals surface area contributed by atoms with Crippen molar-refractivity contribution in [3.63, 3.8) is 0 Å². The highest BCUT2D eigenvalue weighted by Crippen LogP contribution is 2.28. The van der Waals surface area contributed by atoms with Gasteiger partial charge in [0.2, 0.25) is 0 Å². The summed E-state index contributed by atoms with van der Waals surface area (Å²) in [5.74, 6) is 5.71. The normalized spacial score (nSPS) is 10.2. The molecule has 4 N–H and O–H groups in total. The number of rotatable bonds is 4. The van der Waals surface area contributed by atoms with Crippen LogP contribution in [0.1, 0.15) is 5.56 Å². The van der Waals surface area contributed by atoms with E-state index in [1.165, 1.54) is 12.1 Å². The summed E-state index contributed by atoms with van der Waals surface area (Å²) in [5.41, 5.74) is 3.77. The van der Waals surface area contributed by atoms with Crippen molar-refractivity contribution in [3.05, 3.63) is 51.0 Å². The Labute approximate surface area is 119 Å². The number of nitrogens with zero attached hydrogens (tertiary/aromatic N) is 2. The first-order valence-corrected chi connectivity index (χ1v) is 6.03. The van der Waals surface area contributed by atoms with Gasteiger partial charge in [-0.1, -0.05) is 17.7 Å². The molecule has 0 amide bonds. The van der Waals surface area contributed by atoms with Crippen LogP contribution in [0.15, 0.2) is 30.3 Å². The number of nitrogens with one attached hydrogen (secondary N) is 2. The highest BCUT2D eigenvalue weighted by atomic mass is 35.5. The molecule has 0 spiro atoms. The molecule has 104 valence electrons. The monoisotopic (exact) mass is 293 g/mol. The number of aryl methyl sites for hydroxylation is 1. The van der Waals surface area contributed by atoms with Crippen LogP contribution in [-0.2, 0) is 0 Å². The van der Waals surface area contributed by atoms with Crippen molar-refractivity contribution in [2.45, 2.75) is 6.92 Å². The number of hydrogen-bond acceptors (Lipinski definition) is 6. The van der Waals surface area contributed by atoms with Gasteiger partial charge in [0.15, 0.2) is 0 Å². The summed E-state index contributed by atoms with van der Waals surface area (Å²) in [6.45, 7) is 1.91. The standard InChI is InChI=1S/C12H12ClN5O2/c1-7-2-3-9(13)10(4-7)15-11-5-8(18(19)20)6-12(16-11)17-14/h2-6H,14H2,1H3,(H2,15,16,17). The van der Waals surface area contributed by atoms with Gasteiger partial charge >= 0.3 is 0 Å². The van der Waals surface area contributed by atoms with Gasteiger partial charge < -0.3 is 10.7 Å². The molecule has 7 nitrogen and oxygen atoms in total. The minimum Gasteiger partial charge on any atom is -0.339 e. The number of nitro groups is 1. The molecule has 0 saturated heterocycles. The smallest absolute Gasteiger partial charge is 0.276 e. The van der Waals surface area contributed by atoms with Crippen molar-refractivity contribution in [1.29, 1.82) is 0 Å². The van der Waals surface area contributed by atoms with Crippen molar-refractivity contribution < 1.29 is 4.92 Å². The largest absolute Gasteiger partial charge is 0.339 e. The number of nitrogen functional groups attached to an aromatic ring is 1. The fourth-order valence-corrected chi connectivity index (χ4v) is 1.80. The maximum absolute atomic E-state index is 10.9. The molecule has 0 bridgehead atoms. The summed E-state index contributed by atoms with van der Waals surface area (Å²) >= 11 is 6.06. The topological polar surface area (TPSA) is 106 Å². The van der Waals surface area contributed by atoms with Crippen molar-refractivity contribution in [3.8, 4) is 0 Å². The first-order chi connectivity index (χ1) is 9.49. The molecule has 20 heavy (non-hydrogen) atoms. The summed E-state index contributed by atoms with van der Waals surface area (Å²) in [6.07, 6.45) is 0. The molecule has 0 radical (unpaired) electrons. The van der Waals surface area contributed by atoms with Gasteiger partial charge in [0.05, 0.1) is 27.8 Å². The van der Waals surface area contributed by atoms with E-state index in [0.717, 1.165) is 5.56 Å². The van der Waals surface area contributed by atoms with Gasteiger partial charge in [-0.15, -0.1) is 0 Å². The molecule has 2 aromatic rings. The summed E-state index contributed by atoms with van der Waals surface area (Å²) < 4.78 is 0. The van der Waals surface area contributed by atoms with Crippen molar-refractivity contribution in [2.75, 3.05) is 10.7 Å². The Morgan fingerprint density at radius 2 is 2.00 bits per heavy atom. The van der Waals surface area contributed by atoms with E-state index >= 15 is 0 Å². The molecule has 0 fully saturated rings. The van der Waals surface area contributed by atoms with E-state index < -0.39 is 4.92 Å². The number of hydrogen-bond donors (Lipinski definition) is 3. The molecule has 1 aromatic heterocycles. The zero-order chi connectivity index (χ0) is 14.7. The molecule has 1 heterocycles. The molecular weight excluding hydrogens is 282 g/mol. The number of aromatic nitrogens is 1. The molecule has 0 aliphatic rings. The van der Waals surface area contributed by atoms with E-state index in [1.807, 2.05) is 19.1 Å². The zero-order valence-corrected chi connectivity index (χ0v) is 11.3. The SMILES string of the molecule is Cc1ccc(Cl)c(Nc2cc([N+](=O)[O-])cc(NN)n2)c1. The lowest BCUT2D eigenvalue weighted by Crippen LogP contribution is -2.10. The van der Waals surface area contributed by atoms with Crippen LogP contribution < -0.4 is 16.6 Å². The fraction of sp³-hybridized carbons (Fsp3) is 0.0833. The van der Waals surface area contributed by atoms with E-state index in [0.29, 0.717) is 10.7 Å². The molecule has 0 unspecified atom stereocenters. The van der Waals surface area contributed by atoms with Gasteiger partial charge in [-0.2, -0.15) is 0 Å². The Balaban J connectivity index is 2.39. The van der Waals surface area contributed by atoms with E-state index in [-0.39, 0.29) is 17.3 Å². The summed E-state index contributed by atoms with van der Waals surface area (Å²) in [5, 5.41) is 14.3. The second kappa shape index (κ2) is 5.72. The highest BCUT2D eigenvalue weighted by Gasteiger charge is 2.12. The lowest BCUT2D eigenvalue weighted by molar-refractivity contribution is -0.384. The Bertz CT molecular complexity index is 662. The zero-order valence-electron chi connectivity index (χ0n) is 10.6. The average molecular weight is 294 g/mol. The van der Waals surface area contributed by atoms with Crippen LogP contribution >= 0.6 is 11.6 Å². The van der Waals surface area contributed by atoms with E-state index in [2.05, 4.69) is 15.7 Å². The van der Waals surface area contributed by atoms with E-state index in [1.54, 1.807) is 6.07 Å². The first-order valence-electron chi connectivity index (χ1n) is 5.66. The maximum atomic E-state index is 10.9. The molecule has 1 aromatic carbocycles. The number of anilines is 3. The fourth-order valence-electron chi connectivity index (χ4n) is 1.63. The van der Waals surface area contributed by atoms with Gasteiger partial charge in [-0.25, -0.2) is 10.8 Å². The van der Waals surface area contributed by atoms with Crippen LogP contribution in [0.5, 0.6) is 0 Å². The lowest BCUT2D eigenvalue weighted by atomic mass is 10.2. The second-order valence-electron chi connectivity index (χ2n) is 4.11. The van der Waals surface area contributed by atoms with Gasteiger partial charge in [-0.3, -0.25) is 10.1 Å². The van der Waals surface area contributed by atoms with Crippen molar-refractivity contribution in [2.24, 2.45) is 5.84 Å². The van der Waals surface area contributed by atoms with Crippen LogP contribution in [0.3, 0.4) is 0 Å². The molecule has 0 aliphatic heterocycles. The average Bonchev–Trinajstić information content (AvgIpc) is 2.42. The number of halogens is 1. The third-order valence-electron chi connectivity index (χ3n) is 2.55. The molecule has 8 heteroatoms. The molecular formula is C12H12ClN5O2. The minimum atomic E-state index is -0.522. The second-order valence-corrected chi connectivity index (χ2v) is 4.51. The summed E-state index contributed by atoms with van der Waals surface area (Å²) in [6, 6.07) is 7.96. The number of benzene rings is 1. The maximum Gasteiger partial charge on any atom is 0.276 e. The number of nitrogens with two attached hydrogens (primary N) is 1. The Kier molecular flexibility index (Phi) is 4.02. The molecule has 0 atom stereocenters. The van der Waals surface area contributed by atoms with Crippen LogP contribution in [0.25, 0.3) is 0 Å². The lowest BCUT2D eigenvalue weighted by Gasteiger charge is -2.09.